The van der Waals surface area contributed by atoms with Gasteiger partial charge in [0.1, 0.15) is 0 Å². The standard InChI is InChI=1S/C17H23N3O3S.HI/c1-21-14-9-12(10-15(22-2)16(14)23-3)11-20-17(18)19-7-6-13-5-4-8-24-13;/h4-5,8-10H,6-7,11H2,1-3H3,(H3,18,19,20);1H. The van der Waals surface area contributed by atoms with Crippen LogP contribution < -0.4 is 25.3 Å². The number of benzene rings is 1. The van der Waals surface area contributed by atoms with Crippen molar-refractivity contribution in [1.82, 2.24) is 5.32 Å². The second-order valence-electron chi connectivity index (χ2n) is 4.99. The van der Waals surface area contributed by atoms with Crippen LogP contribution in [0.25, 0.3) is 0 Å². The van der Waals surface area contributed by atoms with Gasteiger partial charge in [-0.2, -0.15) is 0 Å². The van der Waals surface area contributed by atoms with Crippen LogP contribution in [-0.4, -0.2) is 33.8 Å². The highest BCUT2D eigenvalue weighted by Crippen LogP contribution is 2.38. The number of guanidine groups is 1. The normalized spacial score (nSPS) is 10.8. The molecule has 0 aliphatic rings. The monoisotopic (exact) mass is 477 g/mol. The molecular weight excluding hydrogens is 453 g/mol. The molecule has 1 aromatic carbocycles. The lowest BCUT2D eigenvalue weighted by Gasteiger charge is -2.13. The van der Waals surface area contributed by atoms with Crippen LogP contribution in [0, 0.1) is 0 Å². The van der Waals surface area contributed by atoms with E-state index in [4.69, 9.17) is 19.9 Å². The molecule has 0 amide bonds. The Morgan fingerprint density at radius 3 is 2.36 bits per heavy atom. The Morgan fingerprint density at radius 1 is 1.16 bits per heavy atom. The van der Waals surface area contributed by atoms with E-state index in [1.54, 1.807) is 32.7 Å². The van der Waals surface area contributed by atoms with E-state index in [1.807, 2.05) is 18.2 Å². The Hall–Kier alpha value is -1.68. The average Bonchev–Trinajstić information content (AvgIpc) is 3.12. The second kappa shape index (κ2) is 11.0. The van der Waals surface area contributed by atoms with Crippen molar-refractivity contribution < 1.29 is 14.2 Å². The molecule has 2 rings (SSSR count). The second-order valence-corrected chi connectivity index (χ2v) is 6.02. The van der Waals surface area contributed by atoms with Crippen LogP contribution in [0.1, 0.15) is 10.4 Å². The fourth-order valence-electron chi connectivity index (χ4n) is 2.23. The van der Waals surface area contributed by atoms with Crippen LogP contribution in [0.3, 0.4) is 0 Å². The first-order valence-corrected chi connectivity index (χ1v) is 8.41. The largest absolute Gasteiger partial charge is 0.493 e. The summed E-state index contributed by atoms with van der Waals surface area (Å²) >= 11 is 1.74. The van der Waals surface area contributed by atoms with Crippen LogP contribution in [0.4, 0.5) is 0 Å². The first kappa shape index (κ1) is 21.4. The Morgan fingerprint density at radius 2 is 1.84 bits per heavy atom. The number of nitrogens with zero attached hydrogens (tertiary/aromatic N) is 1. The molecule has 1 heterocycles. The average molecular weight is 477 g/mol. The molecule has 0 saturated heterocycles. The van der Waals surface area contributed by atoms with E-state index < -0.39 is 0 Å². The van der Waals surface area contributed by atoms with Gasteiger partial charge in [-0.15, -0.1) is 35.3 Å². The Kier molecular flexibility index (Phi) is 9.43. The number of rotatable bonds is 8. The topological polar surface area (TPSA) is 78.1 Å². The third-order valence-electron chi connectivity index (χ3n) is 3.41. The van der Waals surface area contributed by atoms with Crippen LogP contribution in [0.5, 0.6) is 17.2 Å². The molecule has 2 aromatic rings. The van der Waals surface area contributed by atoms with Crippen molar-refractivity contribution >= 4 is 41.3 Å². The lowest BCUT2D eigenvalue weighted by molar-refractivity contribution is 0.324. The summed E-state index contributed by atoms with van der Waals surface area (Å²) in [5, 5.41) is 5.18. The van der Waals surface area contributed by atoms with Gasteiger partial charge in [0.15, 0.2) is 17.5 Å². The molecular formula is C17H24IN3O3S. The van der Waals surface area contributed by atoms with Crippen molar-refractivity contribution in [2.75, 3.05) is 27.9 Å². The molecule has 0 saturated carbocycles. The summed E-state index contributed by atoms with van der Waals surface area (Å²) in [6, 6.07) is 7.88. The summed E-state index contributed by atoms with van der Waals surface area (Å²) in [7, 11) is 4.75. The molecule has 6 nitrogen and oxygen atoms in total. The number of halogens is 1. The van der Waals surface area contributed by atoms with E-state index in [0.29, 0.717) is 29.8 Å². The third kappa shape index (κ3) is 6.28. The van der Waals surface area contributed by atoms with Gasteiger partial charge in [-0.05, 0) is 35.6 Å². The van der Waals surface area contributed by atoms with Crippen LogP contribution >= 0.6 is 35.3 Å². The summed E-state index contributed by atoms with van der Waals surface area (Å²) < 4.78 is 16.0. The number of nitrogens with two attached hydrogens (primary N) is 1. The lowest BCUT2D eigenvalue weighted by Crippen LogP contribution is -2.33. The maximum absolute atomic E-state index is 5.91. The maximum atomic E-state index is 5.91. The quantitative estimate of drug-likeness (QED) is 0.347. The molecule has 138 valence electrons. The minimum Gasteiger partial charge on any atom is -0.493 e. The van der Waals surface area contributed by atoms with Crippen molar-refractivity contribution in [3.63, 3.8) is 0 Å². The number of aliphatic imine (C=N–C) groups is 1. The molecule has 0 aliphatic heterocycles. The minimum atomic E-state index is 0. The maximum Gasteiger partial charge on any atom is 0.203 e. The Labute approximate surface area is 169 Å². The fraction of sp³-hybridized carbons (Fsp3) is 0.353. The number of methoxy groups -OCH3 is 3. The van der Waals surface area contributed by atoms with Crippen molar-refractivity contribution in [3.05, 3.63) is 40.1 Å². The van der Waals surface area contributed by atoms with Gasteiger partial charge in [0, 0.05) is 11.4 Å². The molecule has 3 N–H and O–H groups in total. The van der Waals surface area contributed by atoms with Crippen molar-refractivity contribution in [3.8, 4) is 17.2 Å². The zero-order chi connectivity index (χ0) is 17.4. The predicted molar refractivity (Wildman–Crippen MR) is 113 cm³/mol. The van der Waals surface area contributed by atoms with Gasteiger partial charge in [-0.1, -0.05) is 6.07 Å². The third-order valence-corrected chi connectivity index (χ3v) is 4.35. The van der Waals surface area contributed by atoms with E-state index >= 15 is 0 Å². The SMILES string of the molecule is COc1cc(CN=C(N)NCCc2cccs2)cc(OC)c1OC.I. The minimum absolute atomic E-state index is 0. The molecule has 0 fully saturated rings. The Balaban J connectivity index is 0.00000312. The van der Waals surface area contributed by atoms with E-state index in [1.165, 1.54) is 4.88 Å². The molecule has 0 aliphatic carbocycles. The van der Waals surface area contributed by atoms with Gasteiger partial charge >= 0.3 is 0 Å². The van der Waals surface area contributed by atoms with Gasteiger partial charge in [-0.3, -0.25) is 0 Å². The molecule has 8 heteroatoms. The highest BCUT2D eigenvalue weighted by atomic mass is 127. The summed E-state index contributed by atoms with van der Waals surface area (Å²) in [5.41, 5.74) is 6.84. The Bertz CT molecular complexity index is 653. The molecule has 0 bridgehead atoms. The first-order chi connectivity index (χ1) is 11.7. The molecule has 0 unspecified atom stereocenters. The highest BCUT2D eigenvalue weighted by Gasteiger charge is 2.12. The van der Waals surface area contributed by atoms with Crippen molar-refractivity contribution in [1.29, 1.82) is 0 Å². The molecule has 1 aromatic heterocycles. The van der Waals surface area contributed by atoms with Crippen molar-refractivity contribution in [2.24, 2.45) is 10.7 Å². The molecule has 25 heavy (non-hydrogen) atoms. The predicted octanol–water partition coefficient (Wildman–Crippen LogP) is 3.04. The smallest absolute Gasteiger partial charge is 0.203 e. The van der Waals surface area contributed by atoms with E-state index in [-0.39, 0.29) is 24.0 Å². The van der Waals surface area contributed by atoms with E-state index in [9.17, 15) is 0 Å². The number of ether oxygens (including phenoxy) is 3. The lowest BCUT2D eigenvalue weighted by atomic mass is 10.2. The van der Waals surface area contributed by atoms with E-state index in [0.717, 1.165) is 18.5 Å². The van der Waals surface area contributed by atoms with Gasteiger partial charge in [0.2, 0.25) is 5.75 Å². The van der Waals surface area contributed by atoms with Gasteiger partial charge < -0.3 is 25.3 Å². The molecule has 0 spiro atoms. The molecule has 0 atom stereocenters. The summed E-state index contributed by atoms with van der Waals surface area (Å²) in [6.07, 6.45) is 0.929. The van der Waals surface area contributed by atoms with Crippen LogP contribution in [0.15, 0.2) is 34.6 Å². The van der Waals surface area contributed by atoms with Gasteiger partial charge in [0.05, 0.1) is 27.9 Å². The number of nitrogens with one attached hydrogen (secondary N) is 1. The highest BCUT2D eigenvalue weighted by molar-refractivity contribution is 14.0. The van der Waals surface area contributed by atoms with Crippen LogP contribution in [0.2, 0.25) is 0 Å². The van der Waals surface area contributed by atoms with Gasteiger partial charge in [-0.25, -0.2) is 4.99 Å². The number of hydrogen-bond acceptors (Lipinski definition) is 5. The van der Waals surface area contributed by atoms with E-state index in [2.05, 4.69) is 21.8 Å². The molecule has 0 radical (unpaired) electrons. The first-order valence-electron chi connectivity index (χ1n) is 7.53. The number of hydrogen-bond donors (Lipinski definition) is 2. The summed E-state index contributed by atoms with van der Waals surface area (Å²) in [4.78, 5) is 5.67. The van der Waals surface area contributed by atoms with Gasteiger partial charge in [0.25, 0.3) is 0 Å². The summed E-state index contributed by atoms with van der Waals surface area (Å²) in [6.45, 7) is 1.18. The van der Waals surface area contributed by atoms with Crippen molar-refractivity contribution in [2.45, 2.75) is 13.0 Å². The fourth-order valence-corrected chi connectivity index (χ4v) is 2.94. The van der Waals surface area contributed by atoms with Crippen LogP contribution in [-0.2, 0) is 13.0 Å². The number of thiophene rings is 1. The zero-order valence-electron chi connectivity index (χ0n) is 14.6. The zero-order valence-corrected chi connectivity index (χ0v) is 17.7. The summed E-state index contributed by atoms with van der Waals surface area (Å²) in [5.74, 6) is 2.19.